The molecule has 2 rings (SSSR count). The van der Waals surface area contributed by atoms with E-state index >= 15 is 0 Å². The number of halogens is 2. The van der Waals surface area contributed by atoms with Crippen molar-refractivity contribution in [3.8, 4) is 0 Å². The molecule has 1 N–H and O–H groups in total. The van der Waals surface area contributed by atoms with E-state index in [0.717, 1.165) is 28.4 Å². The first-order valence-corrected chi connectivity index (χ1v) is 9.45. The quantitative estimate of drug-likeness (QED) is 0.657. The van der Waals surface area contributed by atoms with Gasteiger partial charge in [-0.1, -0.05) is 29.3 Å². The molecule has 0 unspecified atom stereocenters. The van der Waals surface area contributed by atoms with Gasteiger partial charge >= 0.3 is 0 Å². The van der Waals surface area contributed by atoms with Crippen molar-refractivity contribution in [2.24, 2.45) is 0 Å². The molecule has 0 spiro atoms. The first-order chi connectivity index (χ1) is 11.5. The van der Waals surface area contributed by atoms with Crippen LogP contribution < -0.4 is 10.2 Å². The van der Waals surface area contributed by atoms with Gasteiger partial charge < -0.3 is 10.2 Å². The van der Waals surface area contributed by atoms with E-state index in [0.29, 0.717) is 16.5 Å². The van der Waals surface area contributed by atoms with Crippen molar-refractivity contribution in [3.05, 3.63) is 58.1 Å². The fourth-order valence-corrected chi connectivity index (χ4v) is 3.26. The number of carbonyl (C=O) groups excluding carboxylic acids is 1. The van der Waals surface area contributed by atoms with E-state index in [4.69, 9.17) is 23.2 Å². The van der Waals surface area contributed by atoms with Gasteiger partial charge in [-0.05, 0) is 42.0 Å². The van der Waals surface area contributed by atoms with Crippen LogP contribution in [-0.4, -0.2) is 25.8 Å². The first-order valence-electron chi connectivity index (χ1n) is 7.54. The normalized spacial score (nSPS) is 10.5. The van der Waals surface area contributed by atoms with Crippen LogP contribution in [0.25, 0.3) is 0 Å². The first kappa shape index (κ1) is 19.0. The zero-order valence-corrected chi connectivity index (χ0v) is 16.0. The Balaban J connectivity index is 1.72. The minimum Gasteiger partial charge on any atom is -0.378 e. The molecule has 0 fully saturated rings. The molecule has 0 atom stereocenters. The van der Waals surface area contributed by atoms with Gasteiger partial charge in [0.05, 0.1) is 10.0 Å². The molecule has 0 radical (unpaired) electrons. The zero-order chi connectivity index (χ0) is 17.5. The Hall–Kier alpha value is -1.36. The van der Waals surface area contributed by atoms with Gasteiger partial charge in [-0.25, -0.2) is 0 Å². The summed E-state index contributed by atoms with van der Waals surface area (Å²) in [6.07, 6.45) is 0.474. The standard InChI is InChI=1S/C18H20Cl2N2OS/c1-22(2)15-6-4-14(5-7-15)21-18(23)9-10-24-12-13-3-8-16(19)17(20)11-13/h3-8,11H,9-10,12H2,1-2H3,(H,21,23). The molecule has 2 aromatic carbocycles. The van der Waals surface area contributed by atoms with Gasteiger partial charge in [0.25, 0.3) is 0 Å². The maximum Gasteiger partial charge on any atom is 0.225 e. The largest absolute Gasteiger partial charge is 0.378 e. The summed E-state index contributed by atoms with van der Waals surface area (Å²) in [6, 6.07) is 13.4. The fourth-order valence-electron chi connectivity index (χ4n) is 2.05. The third-order valence-electron chi connectivity index (χ3n) is 3.39. The second-order valence-corrected chi connectivity index (χ2v) is 7.46. The molecule has 3 nitrogen and oxygen atoms in total. The van der Waals surface area contributed by atoms with Crippen molar-refractivity contribution in [1.82, 2.24) is 0 Å². The highest BCUT2D eigenvalue weighted by Crippen LogP contribution is 2.25. The molecule has 0 aliphatic carbocycles. The number of benzene rings is 2. The van der Waals surface area contributed by atoms with Crippen LogP contribution >= 0.6 is 35.0 Å². The Bertz CT molecular complexity index is 690. The van der Waals surface area contributed by atoms with E-state index in [1.54, 1.807) is 17.8 Å². The van der Waals surface area contributed by atoms with Gasteiger partial charge in [-0.2, -0.15) is 11.8 Å². The van der Waals surface area contributed by atoms with Crippen LogP contribution in [0.1, 0.15) is 12.0 Å². The van der Waals surface area contributed by atoms with Crippen molar-refractivity contribution in [2.75, 3.05) is 30.1 Å². The minimum atomic E-state index is 0.0224. The van der Waals surface area contributed by atoms with Crippen molar-refractivity contribution in [1.29, 1.82) is 0 Å². The molecule has 128 valence electrons. The second-order valence-electron chi connectivity index (χ2n) is 5.54. The highest BCUT2D eigenvalue weighted by Gasteiger charge is 2.04. The molecule has 0 aliphatic heterocycles. The number of rotatable bonds is 7. The summed E-state index contributed by atoms with van der Waals surface area (Å²) >= 11 is 13.6. The molecular weight excluding hydrogens is 363 g/mol. The molecule has 0 saturated carbocycles. The maximum absolute atomic E-state index is 12.0. The van der Waals surface area contributed by atoms with Gasteiger partial charge in [0.15, 0.2) is 0 Å². The molecule has 1 amide bonds. The summed E-state index contributed by atoms with van der Waals surface area (Å²) in [6.45, 7) is 0. The lowest BCUT2D eigenvalue weighted by Gasteiger charge is -2.13. The van der Waals surface area contributed by atoms with E-state index in [-0.39, 0.29) is 5.91 Å². The SMILES string of the molecule is CN(C)c1ccc(NC(=O)CCSCc2ccc(Cl)c(Cl)c2)cc1. The number of hydrogen-bond acceptors (Lipinski definition) is 3. The predicted octanol–water partition coefficient (Wildman–Crippen LogP) is 5.32. The van der Waals surface area contributed by atoms with Gasteiger partial charge in [-0.15, -0.1) is 0 Å². The van der Waals surface area contributed by atoms with Crippen molar-refractivity contribution >= 4 is 52.2 Å². The number of hydrogen-bond donors (Lipinski definition) is 1. The average Bonchev–Trinajstić information content (AvgIpc) is 2.55. The Labute approximate surface area is 157 Å². The third-order valence-corrected chi connectivity index (χ3v) is 5.16. The Morgan fingerprint density at radius 3 is 2.42 bits per heavy atom. The van der Waals surface area contributed by atoms with Gasteiger partial charge in [0.1, 0.15) is 0 Å². The molecule has 24 heavy (non-hydrogen) atoms. The molecule has 0 heterocycles. The third kappa shape index (κ3) is 5.93. The van der Waals surface area contributed by atoms with Crippen LogP contribution in [0.15, 0.2) is 42.5 Å². The van der Waals surface area contributed by atoms with Gasteiger partial charge in [0.2, 0.25) is 5.91 Å². The number of nitrogens with zero attached hydrogens (tertiary/aromatic N) is 1. The molecular formula is C18H20Cl2N2OS. The average molecular weight is 383 g/mol. The summed E-state index contributed by atoms with van der Waals surface area (Å²) in [5.74, 6) is 1.58. The van der Waals surface area contributed by atoms with E-state index in [1.807, 2.05) is 55.4 Å². The second kappa shape index (κ2) is 9.21. The maximum atomic E-state index is 12.0. The predicted molar refractivity (Wildman–Crippen MR) is 107 cm³/mol. The van der Waals surface area contributed by atoms with Crippen molar-refractivity contribution in [3.63, 3.8) is 0 Å². The van der Waals surface area contributed by atoms with E-state index in [9.17, 15) is 4.79 Å². The number of thioether (sulfide) groups is 1. The molecule has 0 bridgehead atoms. The van der Waals surface area contributed by atoms with Crippen LogP contribution in [-0.2, 0) is 10.5 Å². The summed E-state index contributed by atoms with van der Waals surface area (Å²) in [5, 5.41) is 4.04. The van der Waals surface area contributed by atoms with E-state index < -0.39 is 0 Å². The molecule has 0 saturated heterocycles. The fraction of sp³-hybridized carbons (Fsp3) is 0.278. The van der Waals surface area contributed by atoms with Crippen molar-refractivity contribution in [2.45, 2.75) is 12.2 Å². The van der Waals surface area contributed by atoms with Crippen LogP contribution in [0.2, 0.25) is 10.0 Å². The Kier molecular flexibility index (Phi) is 7.28. The number of amides is 1. The summed E-state index contributed by atoms with van der Waals surface area (Å²) < 4.78 is 0. The number of anilines is 2. The summed E-state index contributed by atoms with van der Waals surface area (Å²) in [4.78, 5) is 14.0. The molecule has 2 aromatic rings. The Morgan fingerprint density at radius 1 is 1.08 bits per heavy atom. The lowest BCUT2D eigenvalue weighted by molar-refractivity contribution is -0.115. The highest BCUT2D eigenvalue weighted by atomic mass is 35.5. The van der Waals surface area contributed by atoms with E-state index in [2.05, 4.69) is 5.32 Å². The van der Waals surface area contributed by atoms with Crippen LogP contribution in [0.3, 0.4) is 0 Å². The van der Waals surface area contributed by atoms with E-state index in [1.165, 1.54) is 0 Å². The molecule has 6 heteroatoms. The highest BCUT2D eigenvalue weighted by molar-refractivity contribution is 7.98. The smallest absolute Gasteiger partial charge is 0.225 e. The minimum absolute atomic E-state index is 0.0224. The molecule has 0 aromatic heterocycles. The monoisotopic (exact) mass is 382 g/mol. The van der Waals surface area contributed by atoms with Gasteiger partial charge in [0, 0.05) is 43.4 Å². The topological polar surface area (TPSA) is 32.3 Å². The Morgan fingerprint density at radius 2 is 1.79 bits per heavy atom. The zero-order valence-electron chi connectivity index (χ0n) is 13.7. The van der Waals surface area contributed by atoms with Crippen LogP contribution in [0.5, 0.6) is 0 Å². The van der Waals surface area contributed by atoms with Crippen LogP contribution in [0.4, 0.5) is 11.4 Å². The molecule has 0 aliphatic rings. The van der Waals surface area contributed by atoms with Crippen molar-refractivity contribution < 1.29 is 4.79 Å². The lowest BCUT2D eigenvalue weighted by atomic mass is 10.2. The summed E-state index contributed by atoms with van der Waals surface area (Å²) in [5.41, 5.74) is 3.03. The number of carbonyl (C=O) groups is 1. The summed E-state index contributed by atoms with van der Waals surface area (Å²) in [7, 11) is 3.97. The number of nitrogens with one attached hydrogen (secondary N) is 1. The van der Waals surface area contributed by atoms with Crippen LogP contribution in [0, 0.1) is 0 Å². The lowest BCUT2D eigenvalue weighted by Crippen LogP contribution is -2.13. The van der Waals surface area contributed by atoms with Gasteiger partial charge in [-0.3, -0.25) is 4.79 Å².